The van der Waals surface area contributed by atoms with Crippen molar-refractivity contribution >= 4 is 28.1 Å². The number of allylic oxidation sites excluding steroid dienone is 1. The van der Waals surface area contributed by atoms with Gasteiger partial charge in [0.1, 0.15) is 9.88 Å². The van der Waals surface area contributed by atoms with Crippen molar-refractivity contribution in [3.05, 3.63) is 88.6 Å². The molecule has 1 saturated heterocycles. The average Bonchev–Trinajstić information content (AvgIpc) is 3.59. The number of carbonyl (C=O) groups excluding carboxylic acids is 1. The molecule has 2 N–H and O–H groups in total. The first-order chi connectivity index (χ1) is 20.0. The number of nitrogens with one attached hydrogen (secondary N) is 1. The largest absolute Gasteiger partial charge is 0.390 e. The Morgan fingerprint density at radius 3 is 2.63 bits per heavy atom. The maximum absolute atomic E-state index is 12.8. The summed E-state index contributed by atoms with van der Waals surface area (Å²) in [6, 6.07) is 17.9. The van der Waals surface area contributed by atoms with Gasteiger partial charge in [-0.2, -0.15) is 5.26 Å². The van der Waals surface area contributed by atoms with E-state index in [1.54, 1.807) is 12.1 Å². The summed E-state index contributed by atoms with van der Waals surface area (Å²) in [6.07, 6.45) is 6.59. The molecule has 8 heteroatoms. The van der Waals surface area contributed by atoms with Crippen molar-refractivity contribution in [1.82, 2.24) is 19.8 Å². The van der Waals surface area contributed by atoms with Gasteiger partial charge in [-0.25, -0.2) is 4.98 Å². The predicted molar refractivity (Wildman–Crippen MR) is 165 cm³/mol. The average molecular weight is 568 g/mol. The van der Waals surface area contributed by atoms with Crippen molar-refractivity contribution in [1.29, 1.82) is 5.26 Å². The molecule has 0 radical (unpaired) electrons. The number of piperidine rings is 1. The highest BCUT2D eigenvalue weighted by Gasteiger charge is 2.24. The summed E-state index contributed by atoms with van der Waals surface area (Å²) >= 11 is 1.27. The molecule has 212 valence electrons. The minimum Gasteiger partial charge on any atom is -0.390 e. The smallest absolute Gasteiger partial charge is 0.263 e. The summed E-state index contributed by atoms with van der Waals surface area (Å²) in [5.74, 6) is 0.383. The van der Waals surface area contributed by atoms with Crippen molar-refractivity contribution < 1.29 is 9.90 Å². The third kappa shape index (κ3) is 6.76. The molecule has 0 saturated carbocycles. The molecule has 2 aromatic heterocycles. The van der Waals surface area contributed by atoms with E-state index in [-0.39, 0.29) is 12.5 Å². The first kappa shape index (κ1) is 28.7. The van der Waals surface area contributed by atoms with E-state index in [2.05, 4.69) is 69.8 Å². The van der Waals surface area contributed by atoms with Gasteiger partial charge in [0, 0.05) is 35.8 Å². The molecule has 1 aliphatic rings. The van der Waals surface area contributed by atoms with Gasteiger partial charge >= 0.3 is 0 Å². The number of thiazole rings is 1. The van der Waals surface area contributed by atoms with Gasteiger partial charge in [-0.15, -0.1) is 11.3 Å². The minimum absolute atomic E-state index is 0.196. The first-order valence-electron chi connectivity index (χ1n) is 14.3. The Morgan fingerprint density at radius 1 is 1.17 bits per heavy atom. The zero-order valence-electron chi connectivity index (χ0n) is 23.6. The van der Waals surface area contributed by atoms with E-state index in [1.165, 1.54) is 27.8 Å². The Balaban J connectivity index is 1.07. The standard InChI is InChI=1S/C33H37N5O2S/c1-23(2)20-38-21-28(27-7-3-4-8-30(27)38)25-13-17-37(18-14-25)16-6-5-15-35-32(40)31-29(22-39)36-33(41-31)26-11-9-24(19-34)10-12-26/h3-4,7-12,21,25,39H,1,5-6,13-18,20,22H2,2H3,(H,35,40). The molecule has 4 aromatic rings. The van der Waals surface area contributed by atoms with Crippen LogP contribution in [0.5, 0.6) is 0 Å². The molecule has 7 nitrogen and oxygen atoms in total. The van der Waals surface area contributed by atoms with Crippen molar-refractivity contribution in [2.45, 2.75) is 51.7 Å². The van der Waals surface area contributed by atoms with Gasteiger partial charge in [0.05, 0.1) is 23.9 Å². The molecule has 3 heterocycles. The fourth-order valence-electron chi connectivity index (χ4n) is 5.68. The molecule has 2 aromatic carbocycles. The molecular weight excluding hydrogens is 530 g/mol. The summed E-state index contributed by atoms with van der Waals surface area (Å²) in [4.78, 5) is 20.3. The number of nitriles is 1. The van der Waals surface area contributed by atoms with Crippen molar-refractivity contribution in [3.63, 3.8) is 0 Å². The molecule has 0 bridgehead atoms. The number of aliphatic hydroxyl groups is 1. The van der Waals surface area contributed by atoms with Gasteiger partial charge in [-0.1, -0.05) is 42.5 Å². The van der Waals surface area contributed by atoms with E-state index >= 15 is 0 Å². The zero-order valence-corrected chi connectivity index (χ0v) is 24.4. The number of amides is 1. The van der Waals surface area contributed by atoms with Gasteiger partial charge in [0.25, 0.3) is 5.91 Å². The lowest BCUT2D eigenvalue weighted by Gasteiger charge is -2.32. The number of para-hydroxylation sites is 1. The van der Waals surface area contributed by atoms with Crippen LogP contribution in [0.4, 0.5) is 0 Å². The van der Waals surface area contributed by atoms with E-state index in [4.69, 9.17) is 5.26 Å². The molecule has 5 rings (SSSR count). The molecule has 1 aliphatic heterocycles. The van der Waals surface area contributed by atoms with Crippen molar-refractivity contribution in [3.8, 4) is 16.6 Å². The summed E-state index contributed by atoms with van der Waals surface area (Å²) in [6.45, 7) is 10.6. The van der Waals surface area contributed by atoms with Gasteiger partial charge in [-0.05, 0) is 81.9 Å². The lowest BCUT2D eigenvalue weighted by atomic mass is 9.89. The zero-order chi connectivity index (χ0) is 28.8. The Bertz CT molecular complexity index is 1550. The second kappa shape index (κ2) is 13.3. The van der Waals surface area contributed by atoms with Crippen LogP contribution in [0.25, 0.3) is 21.5 Å². The van der Waals surface area contributed by atoms with Crippen LogP contribution in [-0.4, -0.2) is 51.6 Å². The lowest BCUT2D eigenvalue weighted by Crippen LogP contribution is -2.34. The highest BCUT2D eigenvalue weighted by atomic mass is 32.1. The second-order valence-electron chi connectivity index (χ2n) is 10.9. The molecule has 0 atom stereocenters. The number of likely N-dealkylation sites (tertiary alicyclic amines) is 1. The number of hydrogen-bond donors (Lipinski definition) is 2. The lowest BCUT2D eigenvalue weighted by molar-refractivity contribution is 0.0953. The molecule has 0 aliphatic carbocycles. The number of rotatable bonds is 11. The summed E-state index contributed by atoms with van der Waals surface area (Å²) in [7, 11) is 0. The van der Waals surface area contributed by atoms with Crippen LogP contribution in [0.2, 0.25) is 0 Å². The Labute approximate surface area is 245 Å². The summed E-state index contributed by atoms with van der Waals surface area (Å²) in [5, 5.41) is 23.8. The molecule has 41 heavy (non-hydrogen) atoms. The molecule has 0 unspecified atom stereocenters. The van der Waals surface area contributed by atoms with Crippen LogP contribution < -0.4 is 5.32 Å². The number of aliphatic hydroxyl groups excluding tert-OH is 1. The van der Waals surface area contributed by atoms with E-state index < -0.39 is 0 Å². The van der Waals surface area contributed by atoms with E-state index in [1.807, 2.05) is 12.1 Å². The van der Waals surface area contributed by atoms with Crippen LogP contribution in [0, 0.1) is 11.3 Å². The van der Waals surface area contributed by atoms with E-state index in [0.29, 0.717) is 33.6 Å². The third-order valence-corrected chi connectivity index (χ3v) is 8.93. The SMILES string of the molecule is C=C(C)Cn1cc(C2CCN(CCCCNC(=O)c3sc(-c4ccc(C#N)cc4)nc3CO)CC2)c2ccccc21. The van der Waals surface area contributed by atoms with Crippen LogP contribution >= 0.6 is 11.3 Å². The monoisotopic (exact) mass is 567 g/mol. The number of nitrogens with zero attached hydrogens (tertiary/aromatic N) is 4. The van der Waals surface area contributed by atoms with Gasteiger partial charge in [0.2, 0.25) is 0 Å². The number of unbranched alkanes of at least 4 members (excludes halogenated alkanes) is 1. The predicted octanol–water partition coefficient (Wildman–Crippen LogP) is 6.09. The maximum Gasteiger partial charge on any atom is 0.263 e. The quantitative estimate of drug-likeness (QED) is 0.169. The normalized spacial score (nSPS) is 14.3. The molecular formula is C33H37N5O2S. The van der Waals surface area contributed by atoms with Crippen LogP contribution in [0.15, 0.2) is 66.9 Å². The number of fused-ring (bicyclic) bond motifs is 1. The first-order valence-corrected chi connectivity index (χ1v) is 15.1. The number of benzene rings is 2. The Morgan fingerprint density at radius 2 is 1.93 bits per heavy atom. The Kier molecular flexibility index (Phi) is 9.30. The summed E-state index contributed by atoms with van der Waals surface area (Å²) < 4.78 is 2.34. The van der Waals surface area contributed by atoms with Crippen LogP contribution in [0.3, 0.4) is 0 Å². The van der Waals surface area contributed by atoms with Crippen LogP contribution in [-0.2, 0) is 13.2 Å². The molecule has 0 spiro atoms. The van der Waals surface area contributed by atoms with E-state index in [9.17, 15) is 9.90 Å². The maximum atomic E-state index is 12.8. The number of aromatic nitrogens is 2. The van der Waals surface area contributed by atoms with Crippen LogP contribution in [0.1, 0.15) is 65.0 Å². The Hall–Kier alpha value is -3.77. The van der Waals surface area contributed by atoms with Crippen molar-refractivity contribution in [2.24, 2.45) is 0 Å². The van der Waals surface area contributed by atoms with Crippen molar-refractivity contribution in [2.75, 3.05) is 26.2 Å². The topological polar surface area (TPSA) is 94.2 Å². The third-order valence-electron chi connectivity index (χ3n) is 7.79. The minimum atomic E-state index is -0.292. The highest BCUT2D eigenvalue weighted by Crippen LogP contribution is 2.35. The fraction of sp³-hybridized carbons (Fsp3) is 0.364. The van der Waals surface area contributed by atoms with E-state index in [0.717, 1.165) is 63.0 Å². The van der Waals surface area contributed by atoms with Gasteiger partial charge < -0.3 is 19.9 Å². The fourth-order valence-corrected chi connectivity index (χ4v) is 6.68. The van der Waals surface area contributed by atoms with Gasteiger partial charge in [0.15, 0.2) is 0 Å². The molecule has 1 fully saturated rings. The van der Waals surface area contributed by atoms with Gasteiger partial charge in [-0.3, -0.25) is 4.79 Å². The number of carbonyl (C=O) groups is 1. The molecule has 1 amide bonds. The highest BCUT2D eigenvalue weighted by molar-refractivity contribution is 7.17. The number of hydrogen-bond acceptors (Lipinski definition) is 6. The second-order valence-corrected chi connectivity index (χ2v) is 11.9. The summed E-state index contributed by atoms with van der Waals surface area (Å²) in [5.41, 5.74) is 5.71.